The number of hydrogen-bond donors (Lipinski definition) is 0. The lowest BCUT2D eigenvalue weighted by Crippen LogP contribution is -2.38. The second-order valence-corrected chi connectivity index (χ2v) is 4.52. The van der Waals surface area contributed by atoms with E-state index in [9.17, 15) is 10.1 Å². The van der Waals surface area contributed by atoms with Crippen molar-refractivity contribution in [1.29, 1.82) is 0 Å². The number of hydrogen-bond acceptors (Lipinski definition) is 4. The van der Waals surface area contributed by atoms with Gasteiger partial charge in [0.2, 0.25) is 0 Å². The lowest BCUT2D eigenvalue weighted by atomic mass is 10.6. The van der Waals surface area contributed by atoms with E-state index in [0.717, 1.165) is 10.0 Å². The first-order chi connectivity index (χ1) is 7.41. The Hall–Kier alpha value is -1.70. The molecule has 0 bridgehead atoms. The molecule has 0 aromatic carbocycles. The summed E-state index contributed by atoms with van der Waals surface area (Å²) in [4.78, 5) is 17.7. The van der Waals surface area contributed by atoms with Crippen molar-refractivity contribution in [2.24, 2.45) is 5.10 Å². The van der Waals surface area contributed by atoms with Gasteiger partial charge >= 0.3 is 0 Å². The van der Waals surface area contributed by atoms with E-state index in [1.54, 1.807) is 37.1 Å². The number of hydrazone groups is 1. The molecule has 0 N–H and O–H groups in total. The molecule has 8 heteroatoms. The van der Waals surface area contributed by atoms with Crippen molar-refractivity contribution < 1.29 is 5.03 Å². The predicted octanol–water partition coefficient (Wildman–Crippen LogP) is 0.997. The Morgan fingerprint density at radius 3 is 2.56 bits per heavy atom. The highest BCUT2D eigenvalue weighted by Crippen LogP contribution is 2.22. The number of thiazole rings is 1. The molecule has 1 aromatic rings. The van der Waals surface area contributed by atoms with Crippen LogP contribution in [0.15, 0.2) is 11.3 Å². The predicted molar refractivity (Wildman–Crippen MR) is 63.4 cm³/mol. The van der Waals surface area contributed by atoms with Crippen LogP contribution >= 0.6 is 11.3 Å². The van der Waals surface area contributed by atoms with E-state index in [1.807, 2.05) is 6.92 Å². The highest BCUT2D eigenvalue weighted by Gasteiger charge is 2.17. The fraction of sp³-hybridized carbons (Fsp3) is 0.500. The van der Waals surface area contributed by atoms with Crippen LogP contribution in [0.25, 0.3) is 0 Å². The lowest BCUT2D eigenvalue weighted by Gasteiger charge is -2.21. The molecule has 1 rings (SSSR count). The summed E-state index contributed by atoms with van der Waals surface area (Å²) in [6, 6.07) is 0. The van der Waals surface area contributed by atoms with Gasteiger partial charge in [-0.1, -0.05) is 0 Å². The molecular weight excluding hydrogens is 230 g/mol. The van der Waals surface area contributed by atoms with E-state index in [1.165, 1.54) is 11.3 Å². The number of aryl methyl sites for hydroxylation is 1. The van der Waals surface area contributed by atoms with Crippen molar-refractivity contribution in [3.63, 3.8) is 0 Å². The maximum absolute atomic E-state index is 10.4. The van der Waals surface area contributed by atoms with Gasteiger partial charge in [-0.05, 0) is 6.92 Å². The summed E-state index contributed by atoms with van der Waals surface area (Å²) >= 11 is 1.45. The minimum absolute atomic E-state index is 0.258. The van der Waals surface area contributed by atoms with Gasteiger partial charge in [0, 0.05) is 21.1 Å². The molecule has 88 valence electrons. The van der Waals surface area contributed by atoms with Crippen molar-refractivity contribution in [2.45, 2.75) is 6.92 Å². The highest BCUT2D eigenvalue weighted by atomic mass is 32.1. The average molecular weight is 243 g/mol. The smallest absolute Gasteiger partial charge is 0.278 e. The number of rotatable bonds is 2. The SMILES string of the molecule is Cc1ncc(N(C)C(=N[N+](=O)[O-])N(C)C)s1. The van der Waals surface area contributed by atoms with Crippen molar-refractivity contribution in [3.8, 4) is 0 Å². The van der Waals surface area contributed by atoms with Crippen molar-refractivity contribution in [3.05, 3.63) is 21.3 Å². The zero-order chi connectivity index (χ0) is 12.3. The van der Waals surface area contributed by atoms with E-state index >= 15 is 0 Å². The van der Waals surface area contributed by atoms with Gasteiger partial charge in [-0.2, -0.15) is 0 Å². The number of aromatic nitrogens is 1. The molecule has 0 amide bonds. The van der Waals surface area contributed by atoms with E-state index < -0.39 is 5.03 Å². The highest BCUT2D eigenvalue weighted by molar-refractivity contribution is 7.15. The van der Waals surface area contributed by atoms with Gasteiger partial charge in [0.1, 0.15) is 10.1 Å². The summed E-state index contributed by atoms with van der Waals surface area (Å²) < 4.78 is 0. The van der Waals surface area contributed by atoms with Gasteiger partial charge in [0.25, 0.3) is 5.96 Å². The van der Waals surface area contributed by atoms with Crippen LogP contribution in [0.5, 0.6) is 0 Å². The van der Waals surface area contributed by atoms with Crippen LogP contribution in [0.4, 0.5) is 5.00 Å². The molecular formula is C8H13N5O2S. The molecule has 7 nitrogen and oxygen atoms in total. The Morgan fingerprint density at radius 1 is 1.56 bits per heavy atom. The monoisotopic (exact) mass is 243 g/mol. The second kappa shape index (κ2) is 4.88. The summed E-state index contributed by atoms with van der Waals surface area (Å²) in [7, 11) is 5.12. The molecule has 0 saturated heterocycles. The van der Waals surface area contributed by atoms with Crippen LogP contribution in [-0.2, 0) is 0 Å². The maximum Gasteiger partial charge on any atom is 0.278 e. The first-order valence-corrected chi connectivity index (χ1v) is 5.30. The minimum atomic E-state index is -0.709. The zero-order valence-electron chi connectivity index (χ0n) is 9.54. The van der Waals surface area contributed by atoms with Crippen molar-refractivity contribution in [2.75, 3.05) is 26.0 Å². The first-order valence-electron chi connectivity index (χ1n) is 4.48. The summed E-state index contributed by atoms with van der Waals surface area (Å²) in [6.07, 6.45) is 1.67. The lowest BCUT2D eigenvalue weighted by molar-refractivity contribution is -0.485. The van der Waals surface area contributed by atoms with Crippen molar-refractivity contribution >= 4 is 22.3 Å². The van der Waals surface area contributed by atoms with E-state index in [4.69, 9.17) is 0 Å². The van der Waals surface area contributed by atoms with Gasteiger partial charge in [0.15, 0.2) is 5.03 Å². The minimum Gasteiger partial charge on any atom is -0.343 e. The standard InChI is InChI=1S/C8H13N5O2S/c1-6-9-5-7(16-6)12(4)8(11(2)3)10-13(14)15/h5H,1-4H3. The van der Waals surface area contributed by atoms with Crippen LogP contribution < -0.4 is 4.90 Å². The fourth-order valence-corrected chi connectivity index (χ4v) is 1.87. The summed E-state index contributed by atoms with van der Waals surface area (Å²) in [5.74, 6) is 0.258. The van der Waals surface area contributed by atoms with E-state index in [0.29, 0.717) is 0 Å². The quantitative estimate of drug-likeness (QED) is 0.335. The number of guanidine groups is 1. The van der Waals surface area contributed by atoms with Crippen molar-refractivity contribution in [1.82, 2.24) is 9.88 Å². The molecule has 1 aromatic heterocycles. The van der Waals surface area contributed by atoms with Gasteiger partial charge < -0.3 is 9.80 Å². The van der Waals surface area contributed by atoms with Gasteiger partial charge in [0.05, 0.1) is 11.2 Å². The van der Waals surface area contributed by atoms with E-state index in [2.05, 4.69) is 10.1 Å². The summed E-state index contributed by atoms with van der Waals surface area (Å²) in [5.41, 5.74) is 0. The fourth-order valence-electron chi connectivity index (χ4n) is 1.13. The molecule has 16 heavy (non-hydrogen) atoms. The van der Waals surface area contributed by atoms with Gasteiger partial charge in [-0.25, -0.2) is 15.1 Å². The molecule has 1 heterocycles. The molecule has 0 aliphatic rings. The Morgan fingerprint density at radius 2 is 2.19 bits per heavy atom. The Balaban J connectivity index is 3.00. The maximum atomic E-state index is 10.4. The Labute approximate surface area is 97.2 Å². The molecule has 0 aliphatic heterocycles. The normalized spacial score (nSPS) is 11.4. The van der Waals surface area contributed by atoms with Crippen LogP contribution in [0.1, 0.15) is 5.01 Å². The molecule has 0 saturated carbocycles. The summed E-state index contributed by atoms with van der Waals surface area (Å²) in [5, 5.41) is 14.7. The number of nitrogens with zero attached hydrogens (tertiary/aromatic N) is 5. The first kappa shape index (κ1) is 12.4. The summed E-state index contributed by atoms with van der Waals surface area (Å²) in [6.45, 7) is 1.88. The topological polar surface area (TPSA) is 74.9 Å². The second-order valence-electron chi connectivity index (χ2n) is 3.31. The van der Waals surface area contributed by atoms with Crippen LogP contribution in [0.3, 0.4) is 0 Å². The molecule has 0 spiro atoms. The van der Waals surface area contributed by atoms with Crippen LogP contribution in [0.2, 0.25) is 0 Å². The third-order valence-corrected chi connectivity index (χ3v) is 2.80. The molecule has 0 unspecified atom stereocenters. The average Bonchev–Trinajstić information content (AvgIpc) is 2.59. The molecule has 0 fully saturated rings. The number of anilines is 1. The third-order valence-electron chi connectivity index (χ3n) is 1.81. The van der Waals surface area contributed by atoms with Gasteiger partial charge in [-0.15, -0.1) is 11.3 Å². The third kappa shape index (κ3) is 2.89. The van der Waals surface area contributed by atoms with Crippen LogP contribution in [0, 0.1) is 17.0 Å². The molecule has 0 radical (unpaired) electrons. The Bertz CT molecular complexity index is 414. The van der Waals surface area contributed by atoms with E-state index in [-0.39, 0.29) is 5.96 Å². The molecule has 0 atom stereocenters. The van der Waals surface area contributed by atoms with Gasteiger partial charge in [-0.3, -0.25) is 0 Å². The molecule has 0 aliphatic carbocycles. The number of nitro groups is 1. The Kier molecular flexibility index (Phi) is 3.78. The largest absolute Gasteiger partial charge is 0.343 e. The zero-order valence-corrected chi connectivity index (χ0v) is 10.4. The van der Waals surface area contributed by atoms with Crippen LogP contribution in [-0.4, -0.2) is 42.0 Å².